The van der Waals surface area contributed by atoms with E-state index >= 15 is 0 Å². The highest BCUT2D eigenvalue weighted by Crippen LogP contribution is 2.38. The molecule has 1 aliphatic heterocycles. The van der Waals surface area contributed by atoms with Gasteiger partial charge in [0.2, 0.25) is 0 Å². The number of rotatable bonds is 6. The summed E-state index contributed by atoms with van der Waals surface area (Å²) in [6.45, 7) is 0.822. The molecule has 1 unspecified atom stereocenters. The maximum atomic E-state index is 10.9. The largest absolute Gasteiger partial charge is 0.492 e. The molecule has 2 aromatic carbocycles. The van der Waals surface area contributed by atoms with Gasteiger partial charge in [-0.1, -0.05) is 30.3 Å². The number of aromatic nitrogens is 1. The number of nitrogens with zero attached hydrogens (tertiary/aromatic N) is 1. The zero-order chi connectivity index (χ0) is 17.9. The Labute approximate surface area is 150 Å². The normalized spacial score (nSPS) is 15.3. The van der Waals surface area contributed by atoms with E-state index < -0.39 is 5.97 Å². The zero-order valence-electron chi connectivity index (χ0n) is 13.9. The summed E-state index contributed by atoms with van der Waals surface area (Å²) in [6, 6.07) is 13.4. The van der Waals surface area contributed by atoms with Crippen LogP contribution in [0.1, 0.15) is 23.5 Å². The Morgan fingerprint density at radius 2 is 2.08 bits per heavy atom. The average molecular weight is 351 g/mol. The molecular formula is C20H17NO5. The molecular weight excluding hydrogens is 334 g/mol. The van der Waals surface area contributed by atoms with Crippen LogP contribution in [0.2, 0.25) is 0 Å². The number of aliphatic carboxylic acids is 1. The first-order valence-corrected chi connectivity index (χ1v) is 8.28. The van der Waals surface area contributed by atoms with Crippen molar-refractivity contribution >= 4 is 5.97 Å². The summed E-state index contributed by atoms with van der Waals surface area (Å²) >= 11 is 0. The standard InChI is InChI=1S/C20H17NO5/c22-20(23)7-15-11-25-18-8-16(5-6-17(15)18)24-10-13-1-3-14(4-2-13)19-9-21-12-26-19/h1-6,8-9,12,15H,7,10-11H2,(H,22,23). The van der Waals surface area contributed by atoms with Crippen LogP contribution in [-0.2, 0) is 11.4 Å². The van der Waals surface area contributed by atoms with Gasteiger partial charge < -0.3 is 19.0 Å². The van der Waals surface area contributed by atoms with E-state index in [9.17, 15) is 4.79 Å². The predicted octanol–water partition coefficient (Wildman–Crippen LogP) is 3.87. The van der Waals surface area contributed by atoms with E-state index in [0.29, 0.717) is 24.7 Å². The van der Waals surface area contributed by atoms with Crippen LogP contribution in [0.4, 0.5) is 0 Å². The molecule has 26 heavy (non-hydrogen) atoms. The van der Waals surface area contributed by atoms with E-state index in [2.05, 4.69) is 4.98 Å². The summed E-state index contributed by atoms with van der Waals surface area (Å²) in [5.74, 6) is 1.21. The van der Waals surface area contributed by atoms with Gasteiger partial charge >= 0.3 is 5.97 Å². The Balaban J connectivity index is 1.40. The second-order valence-electron chi connectivity index (χ2n) is 6.16. The highest BCUT2D eigenvalue weighted by atomic mass is 16.5. The number of carboxylic acid groups (broad SMARTS) is 1. The van der Waals surface area contributed by atoms with Gasteiger partial charge in [0, 0.05) is 23.1 Å². The molecule has 0 bridgehead atoms. The third-order valence-corrected chi connectivity index (χ3v) is 4.36. The summed E-state index contributed by atoms with van der Waals surface area (Å²) in [5, 5.41) is 8.95. The SMILES string of the molecule is O=C(O)CC1COc2cc(OCc3ccc(-c4cnco4)cc3)ccc21. The van der Waals surface area contributed by atoms with E-state index in [4.69, 9.17) is 19.0 Å². The monoisotopic (exact) mass is 351 g/mol. The van der Waals surface area contributed by atoms with Gasteiger partial charge in [0.25, 0.3) is 0 Å². The van der Waals surface area contributed by atoms with Crippen LogP contribution < -0.4 is 9.47 Å². The van der Waals surface area contributed by atoms with Crippen molar-refractivity contribution in [2.24, 2.45) is 0 Å². The van der Waals surface area contributed by atoms with Gasteiger partial charge in [0.05, 0.1) is 19.2 Å². The number of carboxylic acids is 1. The Kier molecular flexibility index (Phi) is 4.31. The predicted molar refractivity (Wildman–Crippen MR) is 93.2 cm³/mol. The summed E-state index contributed by atoms with van der Waals surface area (Å²) in [5.41, 5.74) is 2.91. The molecule has 0 saturated carbocycles. The van der Waals surface area contributed by atoms with Crippen molar-refractivity contribution < 1.29 is 23.8 Å². The number of ether oxygens (including phenoxy) is 2. The molecule has 1 atom stereocenters. The van der Waals surface area contributed by atoms with E-state index in [1.807, 2.05) is 42.5 Å². The molecule has 0 fully saturated rings. The van der Waals surface area contributed by atoms with Crippen LogP contribution in [0.25, 0.3) is 11.3 Å². The van der Waals surface area contributed by atoms with Crippen molar-refractivity contribution in [1.29, 1.82) is 0 Å². The molecule has 2 heterocycles. The highest BCUT2D eigenvalue weighted by molar-refractivity contribution is 5.68. The van der Waals surface area contributed by atoms with Crippen molar-refractivity contribution in [1.82, 2.24) is 4.98 Å². The summed E-state index contributed by atoms with van der Waals surface area (Å²) in [7, 11) is 0. The van der Waals surface area contributed by atoms with Gasteiger partial charge in [-0.2, -0.15) is 0 Å². The first kappa shape index (κ1) is 16.2. The maximum Gasteiger partial charge on any atom is 0.304 e. The van der Waals surface area contributed by atoms with Crippen LogP contribution in [0.15, 0.2) is 59.5 Å². The summed E-state index contributed by atoms with van der Waals surface area (Å²) in [6.07, 6.45) is 3.15. The highest BCUT2D eigenvalue weighted by Gasteiger charge is 2.26. The first-order chi connectivity index (χ1) is 12.7. The van der Waals surface area contributed by atoms with Crippen LogP contribution in [-0.4, -0.2) is 22.7 Å². The average Bonchev–Trinajstić information content (AvgIpc) is 3.30. The molecule has 4 rings (SSSR count). The minimum absolute atomic E-state index is 0.0741. The van der Waals surface area contributed by atoms with Gasteiger partial charge in [0.1, 0.15) is 18.1 Å². The van der Waals surface area contributed by atoms with E-state index in [0.717, 1.165) is 22.5 Å². The first-order valence-electron chi connectivity index (χ1n) is 8.28. The van der Waals surface area contributed by atoms with E-state index in [1.165, 1.54) is 6.39 Å². The Morgan fingerprint density at radius 1 is 1.23 bits per heavy atom. The second kappa shape index (κ2) is 6.92. The van der Waals surface area contributed by atoms with Gasteiger partial charge in [-0.3, -0.25) is 4.79 Å². The third kappa shape index (κ3) is 3.39. The van der Waals surface area contributed by atoms with Crippen molar-refractivity contribution in [2.45, 2.75) is 18.9 Å². The lowest BCUT2D eigenvalue weighted by atomic mass is 9.98. The minimum atomic E-state index is -0.819. The molecule has 6 nitrogen and oxygen atoms in total. The molecule has 0 spiro atoms. The zero-order valence-corrected chi connectivity index (χ0v) is 13.9. The van der Waals surface area contributed by atoms with Gasteiger partial charge in [-0.25, -0.2) is 4.98 Å². The van der Waals surface area contributed by atoms with Crippen molar-refractivity contribution in [3.8, 4) is 22.8 Å². The fourth-order valence-corrected chi connectivity index (χ4v) is 3.02. The number of hydrogen-bond acceptors (Lipinski definition) is 5. The summed E-state index contributed by atoms with van der Waals surface area (Å²) in [4.78, 5) is 14.8. The number of hydrogen-bond donors (Lipinski definition) is 1. The minimum Gasteiger partial charge on any atom is -0.492 e. The van der Waals surface area contributed by atoms with Gasteiger partial charge in [-0.15, -0.1) is 0 Å². The molecule has 3 aromatic rings. The fourth-order valence-electron chi connectivity index (χ4n) is 3.02. The number of fused-ring (bicyclic) bond motifs is 1. The van der Waals surface area contributed by atoms with E-state index in [-0.39, 0.29) is 12.3 Å². The van der Waals surface area contributed by atoms with Crippen molar-refractivity contribution in [2.75, 3.05) is 6.61 Å². The number of oxazole rings is 1. The quantitative estimate of drug-likeness (QED) is 0.726. The molecule has 1 N–H and O–H groups in total. The van der Waals surface area contributed by atoms with Crippen LogP contribution >= 0.6 is 0 Å². The topological polar surface area (TPSA) is 81.8 Å². The molecule has 0 radical (unpaired) electrons. The smallest absolute Gasteiger partial charge is 0.304 e. The molecule has 0 aliphatic carbocycles. The third-order valence-electron chi connectivity index (χ3n) is 4.36. The Bertz CT molecular complexity index is 902. The number of benzene rings is 2. The molecule has 1 aromatic heterocycles. The summed E-state index contributed by atoms with van der Waals surface area (Å²) < 4.78 is 16.7. The fraction of sp³-hybridized carbons (Fsp3) is 0.200. The number of carbonyl (C=O) groups is 1. The Hall–Kier alpha value is -3.28. The molecule has 6 heteroatoms. The van der Waals surface area contributed by atoms with Crippen LogP contribution in [0, 0.1) is 0 Å². The van der Waals surface area contributed by atoms with Crippen molar-refractivity contribution in [3.05, 3.63) is 66.2 Å². The Morgan fingerprint density at radius 3 is 2.81 bits per heavy atom. The van der Waals surface area contributed by atoms with Crippen LogP contribution in [0.3, 0.4) is 0 Å². The van der Waals surface area contributed by atoms with Crippen LogP contribution in [0.5, 0.6) is 11.5 Å². The lowest BCUT2D eigenvalue weighted by molar-refractivity contribution is -0.137. The van der Waals surface area contributed by atoms with Crippen molar-refractivity contribution in [3.63, 3.8) is 0 Å². The lowest BCUT2D eigenvalue weighted by Gasteiger charge is -2.09. The maximum absolute atomic E-state index is 10.9. The van der Waals surface area contributed by atoms with Gasteiger partial charge in [-0.05, 0) is 11.6 Å². The lowest BCUT2D eigenvalue weighted by Crippen LogP contribution is -2.07. The van der Waals surface area contributed by atoms with Gasteiger partial charge in [0.15, 0.2) is 12.2 Å². The molecule has 0 amide bonds. The molecule has 1 aliphatic rings. The molecule has 0 saturated heterocycles. The second-order valence-corrected chi connectivity index (χ2v) is 6.16. The van der Waals surface area contributed by atoms with E-state index in [1.54, 1.807) is 6.20 Å². The molecule has 132 valence electrons.